The predicted molar refractivity (Wildman–Crippen MR) is 196 cm³/mol. The highest BCUT2D eigenvalue weighted by Crippen LogP contribution is 2.14. The van der Waals surface area contributed by atoms with Crippen LogP contribution in [0.3, 0.4) is 0 Å². The zero-order valence-corrected chi connectivity index (χ0v) is 32.3. The molecule has 0 radical (unpaired) electrons. The van der Waals surface area contributed by atoms with Crippen LogP contribution in [0.2, 0.25) is 0 Å². The van der Waals surface area contributed by atoms with Crippen molar-refractivity contribution < 1.29 is 42.9 Å². The molecule has 0 rings (SSSR count). The number of carbonyl (C=O) groups excluding carboxylic acids is 3. The normalized spacial score (nSPS) is 13.1. The number of aliphatic carboxylic acids is 1. The number of carboxylic acid groups (broad SMARTS) is 1. The summed E-state index contributed by atoms with van der Waals surface area (Å²) in [6.07, 6.45) is 28.1. The van der Waals surface area contributed by atoms with E-state index < -0.39 is 24.3 Å². The van der Waals surface area contributed by atoms with E-state index in [0.29, 0.717) is 23.9 Å². The first-order valence-electron chi connectivity index (χ1n) is 19.8. The Balaban J connectivity index is 4.53. The summed E-state index contributed by atoms with van der Waals surface area (Å²) in [6.45, 7) is 4.69. The highest BCUT2D eigenvalue weighted by Gasteiger charge is 2.21. The SMILES string of the molecule is CCCCCC/C=C\CCCCCCCC(=O)OC(COC(=O)CCCCCCCCCCCCC)COC(OCC[N+](C)(C)C)C(=O)[O-]. The molecule has 0 N–H and O–H groups in total. The van der Waals surface area contributed by atoms with Crippen LogP contribution in [0.5, 0.6) is 0 Å². The Hall–Kier alpha value is -1.97. The summed E-state index contributed by atoms with van der Waals surface area (Å²) in [6, 6.07) is 0. The van der Waals surface area contributed by atoms with Crippen molar-refractivity contribution in [1.29, 1.82) is 0 Å². The second kappa shape index (κ2) is 33.2. The van der Waals surface area contributed by atoms with Crippen LogP contribution in [0.1, 0.15) is 168 Å². The molecule has 0 aliphatic rings. The van der Waals surface area contributed by atoms with E-state index in [1.165, 1.54) is 83.5 Å². The van der Waals surface area contributed by atoms with Gasteiger partial charge < -0.3 is 33.3 Å². The number of ether oxygens (including phenoxy) is 4. The van der Waals surface area contributed by atoms with Crippen molar-refractivity contribution in [3.05, 3.63) is 12.2 Å². The Morgan fingerprint density at radius 1 is 0.592 bits per heavy atom. The van der Waals surface area contributed by atoms with E-state index in [9.17, 15) is 19.5 Å². The maximum Gasteiger partial charge on any atom is 0.306 e. The molecule has 2 atom stereocenters. The number of unbranched alkanes of at least 4 members (excludes halogenated alkanes) is 19. The zero-order valence-electron chi connectivity index (χ0n) is 32.3. The molecular weight excluding hydrogens is 622 g/mol. The molecule has 9 nitrogen and oxygen atoms in total. The van der Waals surface area contributed by atoms with Crippen molar-refractivity contribution in [2.45, 2.75) is 180 Å². The average molecular weight is 698 g/mol. The van der Waals surface area contributed by atoms with E-state index in [2.05, 4.69) is 26.0 Å². The molecule has 2 unspecified atom stereocenters. The molecule has 0 aliphatic carbocycles. The van der Waals surface area contributed by atoms with Gasteiger partial charge in [0.2, 0.25) is 0 Å². The third kappa shape index (κ3) is 34.3. The number of likely N-dealkylation sites (N-methyl/N-ethyl adjacent to an activating group) is 1. The summed E-state index contributed by atoms with van der Waals surface area (Å²) < 4.78 is 22.4. The molecule has 0 aromatic carbocycles. The van der Waals surface area contributed by atoms with Gasteiger partial charge in [-0.05, 0) is 38.5 Å². The molecule has 0 spiro atoms. The predicted octanol–water partition coefficient (Wildman–Crippen LogP) is 8.22. The molecule has 0 aliphatic heterocycles. The van der Waals surface area contributed by atoms with Gasteiger partial charge in [0.15, 0.2) is 12.4 Å². The van der Waals surface area contributed by atoms with Crippen LogP contribution < -0.4 is 5.11 Å². The molecule has 288 valence electrons. The van der Waals surface area contributed by atoms with Crippen molar-refractivity contribution in [2.24, 2.45) is 0 Å². The van der Waals surface area contributed by atoms with Crippen molar-refractivity contribution in [1.82, 2.24) is 0 Å². The maximum atomic E-state index is 12.7. The number of quaternary nitrogens is 1. The fraction of sp³-hybridized carbons (Fsp3) is 0.875. The van der Waals surface area contributed by atoms with Crippen molar-refractivity contribution >= 4 is 17.9 Å². The maximum absolute atomic E-state index is 12.7. The quantitative estimate of drug-likeness (QED) is 0.0212. The van der Waals surface area contributed by atoms with Gasteiger partial charge in [-0.1, -0.05) is 129 Å². The van der Waals surface area contributed by atoms with E-state index >= 15 is 0 Å². The molecule has 49 heavy (non-hydrogen) atoms. The van der Waals surface area contributed by atoms with E-state index in [0.717, 1.165) is 51.4 Å². The van der Waals surface area contributed by atoms with E-state index in [4.69, 9.17) is 18.9 Å². The molecule has 0 heterocycles. The summed E-state index contributed by atoms with van der Waals surface area (Å²) in [5, 5.41) is 11.6. The molecule has 0 amide bonds. The monoisotopic (exact) mass is 698 g/mol. The van der Waals surface area contributed by atoms with Gasteiger partial charge >= 0.3 is 11.9 Å². The van der Waals surface area contributed by atoms with E-state index in [1.807, 2.05) is 21.1 Å². The largest absolute Gasteiger partial charge is 0.545 e. The van der Waals surface area contributed by atoms with Crippen LogP contribution in [0.15, 0.2) is 12.2 Å². The van der Waals surface area contributed by atoms with Crippen molar-refractivity contribution in [3.63, 3.8) is 0 Å². The highest BCUT2D eigenvalue weighted by molar-refractivity contribution is 5.70. The third-order valence-electron chi connectivity index (χ3n) is 8.51. The number of nitrogens with zero attached hydrogens (tertiary/aromatic N) is 1. The van der Waals surface area contributed by atoms with E-state index in [1.54, 1.807) is 0 Å². The lowest BCUT2D eigenvalue weighted by Gasteiger charge is -2.26. The van der Waals surface area contributed by atoms with Crippen molar-refractivity contribution in [2.75, 3.05) is 47.5 Å². The van der Waals surface area contributed by atoms with Crippen LogP contribution in [-0.2, 0) is 33.3 Å². The molecular formula is C40H75NO8. The minimum Gasteiger partial charge on any atom is -0.545 e. The van der Waals surface area contributed by atoms with Gasteiger partial charge in [-0.3, -0.25) is 9.59 Å². The summed E-state index contributed by atoms with van der Waals surface area (Å²) in [4.78, 5) is 36.7. The second-order valence-electron chi connectivity index (χ2n) is 14.6. The Kier molecular flexibility index (Phi) is 31.9. The Bertz CT molecular complexity index is 826. The van der Waals surface area contributed by atoms with Gasteiger partial charge in [-0.25, -0.2) is 0 Å². The summed E-state index contributed by atoms with van der Waals surface area (Å²) in [5.74, 6) is -2.29. The lowest BCUT2D eigenvalue weighted by molar-refractivity contribution is -0.870. The summed E-state index contributed by atoms with van der Waals surface area (Å²) in [7, 11) is 5.90. The van der Waals surface area contributed by atoms with Crippen LogP contribution >= 0.6 is 0 Å². The second-order valence-corrected chi connectivity index (χ2v) is 14.6. The smallest absolute Gasteiger partial charge is 0.306 e. The average Bonchev–Trinajstić information content (AvgIpc) is 3.05. The topological polar surface area (TPSA) is 111 Å². The van der Waals surface area contributed by atoms with Crippen LogP contribution in [0, 0.1) is 0 Å². The fourth-order valence-electron chi connectivity index (χ4n) is 5.35. The van der Waals surface area contributed by atoms with Gasteiger partial charge in [0, 0.05) is 12.8 Å². The van der Waals surface area contributed by atoms with Crippen LogP contribution in [0.25, 0.3) is 0 Å². The lowest BCUT2D eigenvalue weighted by Crippen LogP contribution is -2.44. The molecule has 0 fully saturated rings. The third-order valence-corrected chi connectivity index (χ3v) is 8.51. The number of esters is 2. The van der Waals surface area contributed by atoms with E-state index in [-0.39, 0.29) is 32.2 Å². The Labute approximate surface area is 300 Å². The van der Waals surface area contributed by atoms with Gasteiger partial charge in [-0.2, -0.15) is 0 Å². The number of carboxylic acids is 1. The van der Waals surface area contributed by atoms with Gasteiger partial charge in [0.25, 0.3) is 0 Å². The zero-order chi connectivity index (χ0) is 36.4. The number of allylic oxidation sites excluding steroid dienone is 2. The van der Waals surface area contributed by atoms with Gasteiger partial charge in [0.05, 0.1) is 40.3 Å². The lowest BCUT2D eigenvalue weighted by atomic mass is 10.1. The standard InChI is InChI=1S/C40H75NO8/c1-6-8-10-12-14-16-18-19-21-23-25-27-29-31-38(43)49-36(35-48-40(39(44)45)46-33-32-41(3,4)5)34-47-37(42)30-28-26-24-22-20-17-15-13-11-9-7-2/h16,18,36,40H,6-15,17,19-35H2,1-5H3/b18-16-. The first kappa shape index (κ1) is 47.0. The number of hydrogen-bond acceptors (Lipinski definition) is 8. The summed E-state index contributed by atoms with van der Waals surface area (Å²) >= 11 is 0. The first-order chi connectivity index (χ1) is 23.6. The first-order valence-corrected chi connectivity index (χ1v) is 19.8. The molecule has 0 saturated carbocycles. The van der Waals surface area contributed by atoms with Crippen molar-refractivity contribution in [3.8, 4) is 0 Å². The fourth-order valence-corrected chi connectivity index (χ4v) is 5.35. The highest BCUT2D eigenvalue weighted by atomic mass is 16.7. The minimum atomic E-state index is -1.62. The molecule has 0 aromatic heterocycles. The molecule has 0 bridgehead atoms. The Morgan fingerprint density at radius 3 is 1.53 bits per heavy atom. The number of rotatable bonds is 36. The molecule has 0 aromatic rings. The number of hydrogen-bond donors (Lipinski definition) is 0. The minimum absolute atomic E-state index is 0.149. The van der Waals surface area contributed by atoms with Gasteiger partial charge in [0.1, 0.15) is 13.2 Å². The molecule has 9 heteroatoms. The Morgan fingerprint density at radius 2 is 1.04 bits per heavy atom. The van der Waals surface area contributed by atoms with Crippen LogP contribution in [0.4, 0.5) is 0 Å². The molecule has 0 saturated heterocycles. The summed E-state index contributed by atoms with van der Waals surface area (Å²) in [5.41, 5.74) is 0. The van der Waals surface area contributed by atoms with Gasteiger partial charge in [-0.15, -0.1) is 0 Å². The number of carbonyl (C=O) groups is 3. The van der Waals surface area contributed by atoms with Crippen LogP contribution in [-0.4, -0.2) is 82.3 Å².